The van der Waals surface area contributed by atoms with E-state index in [9.17, 15) is 4.79 Å². The molecule has 0 saturated heterocycles. The van der Waals surface area contributed by atoms with Gasteiger partial charge in [0.15, 0.2) is 0 Å². The van der Waals surface area contributed by atoms with Crippen LogP contribution in [0.5, 0.6) is 0 Å². The molecule has 20 heavy (non-hydrogen) atoms. The van der Waals surface area contributed by atoms with Gasteiger partial charge in [0.05, 0.1) is 0 Å². The highest BCUT2D eigenvalue weighted by Gasteiger charge is 2.26. The molecule has 3 N–H and O–H groups in total. The maximum atomic E-state index is 12.2. The summed E-state index contributed by atoms with van der Waals surface area (Å²) in [5.41, 5.74) is 5.63. The fraction of sp³-hybridized carbons (Fsp3) is 0.938. The summed E-state index contributed by atoms with van der Waals surface area (Å²) in [6, 6.07) is 0.570. The average molecular weight is 283 g/mol. The molecule has 2 atom stereocenters. The minimum absolute atomic E-state index is 0.225. The molecule has 0 aromatic carbocycles. The normalized spacial score (nSPS) is 23.3. The van der Waals surface area contributed by atoms with Crippen LogP contribution in [-0.4, -0.2) is 43.5 Å². The molecular weight excluding hydrogens is 250 g/mol. The van der Waals surface area contributed by atoms with Gasteiger partial charge >= 0.3 is 0 Å². The van der Waals surface area contributed by atoms with E-state index in [-0.39, 0.29) is 11.8 Å². The maximum Gasteiger partial charge on any atom is 0.223 e. The van der Waals surface area contributed by atoms with Crippen LogP contribution in [0.15, 0.2) is 0 Å². The Morgan fingerprint density at radius 1 is 1.40 bits per heavy atom. The van der Waals surface area contributed by atoms with Crippen LogP contribution in [0.25, 0.3) is 0 Å². The summed E-state index contributed by atoms with van der Waals surface area (Å²) in [7, 11) is 2.13. The van der Waals surface area contributed by atoms with E-state index in [4.69, 9.17) is 5.73 Å². The van der Waals surface area contributed by atoms with Gasteiger partial charge < -0.3 is 16.0 Å². The summed E-state index contributed by atoms with van der Waals surface area (Å²) >= 11 is 0. The lowest BCUT2D eigenvalue weighted by Crippen LogP contribution is -2.36. The zero-order valence-corrected chi connectivity index (χ0v) is 13.5. The second kappa shape index (κ2) is 9.35. The fourth-order valence-electron chi connectivity index (χ4n) is 2.97. The standard InChI is InChI=1S/C16H33N3O/c1-13(2)19(3)11-5-10-18-16(20)15-7-4-6-14(12-15)8-9-17/h13-15H,4-12,17H2,1-3H3,(H,18,20). The SMILES string of the molecule is CC(C)N(C)CCCNC(=O)C1CCCC(CCN)C1. The summed E-state index contributed by atoms with van der Waals surface area (Å²) in [6.07, 6.45) is 6.62. The molecule has 4 heteroatoms. The van der Waals surface area contributed by atoms with Gasteiger partial charge in [-0.2, -0.15) is 0 Å². The lowest BCUT2D eigenvalue weighted by atomic mass is 9.79. The van der Waals surface area contributed by atoms with Crippen LogP contribution in [0.4, 0.5) is 0 Å². The molecule has 1 aliphatic carbocycles. The Kier molecular flexibility index (Phi) is 8.15. The number of carbonyl (C=O) groups is 1. The van der Waals surface area contributed by atoms with Gasteiger partial charge in [-0.15, -0.1) is 0 Å². The molecular formula is C16H33N3O. The van der Waals surface area contributed by atoms with Crippen LogP contribution >= 0.6 is 0 Å². The average Bonchev–Trinajstić information content (AvgIpc) is 2.43. The van der Waals surface area contributed by atoms with Gasteiger partial charge in [0.2, 0.25) is 5.91 Å². The number of nitrogens with zero attached hydrogens (tertiary/aromatic N) is 1. The molecule has 1 fully saturated rings. The molecule has 118 valence electrons. The lowest BCUT2D eigenvalue weighted by Gasteiger charge is -2.28. The quantitative estimate of drug-likeness (QED) is 0.670. The van der Waals surface area contributed by atoms with Crippen molar-refractivity contribution in [2.75, 3.05) is 26.7 Å². The number of amides is 1. The molecule has 4 nitrogen and oxygen atoms in total. The Hall–Kier alpha value is -0.610. The highest BCUT2D eigenvalue weighted by atomic mass is 16.1. The molecule has 0 spiro atoms. The Balaban J connectivity index is 2.18. The van der Waals surface area contributed by atoms with Crippen LogP contribution < -0.4 is 11.1 Å². The predicted octanol–water partition coefficient (Wildman–Crippen LogP) is 1.99. The summed E-state index contributed by atoms with van der Waals surface area (Å²) in [6.45, 7) is 6.98. The topological polar surface area (TPSA) is 58.4 Å². The van der Waals surface area contributed by atoms with Gasteiger partial charge in [-0.1, -0.05) is 12.8 Å². The van der Waals surface area contributed by atoms with Crippen LogP contribution in [0.1, 0.15) is 52.4 Å². The highest BCUT2D eigenvalue weighted by Crippen LogP contribution is 2.30. The summed E-state index contributed by atoms with van der Waals surface area (Å²) in [5.74, 6) is 1.15. The first-order valence-electron chi connectivity index (χ1n) is 8.22. The first-order valence-corrected chi connectivity index (χ1v) is 8.22. The van der Waals surface area contributed by atoms with Crippen LogP contribution in [0.3, 0.4) is 0 Å². The van der Waals surface area contributed by atoms with Crippen LogP contribution in [0.2, 0.25) is 0 Å². The monoisotopic (exact) mass is 283 g/mol. The first-order chi connectivity index (χ1) is 9.54. The Bertz CT molecular complexity index is 279. The number of hydrogen-bond donors (Lipinski definition) is 2. The van der Waals surface area contributed by atoms with Gasteiger partial charge in [0, 0.05) is 18.5 Å². The van der Waals surface area contributed by atoms with E-state index in [1.54, 1.807) is 0 Å². The van der Waals surface area contributed by atoms with E-state index in [1.165, 1.54) is 12.8 Å². The second-order valence-electron chi connectivity index (χ2n) is 6.53. The maximum absolute atomic E-state index is 12.2. The predicted molar refractivity (Wildman–Crippen MR) is 84.5 cm³/mol. The number of rotatable bonds is 8. The summed E-state index contributed by atoms with van der Waals surface area (Å²) in [5, 5.41) is 3.11. The van der Waals surface area contributed by atoms with Crippen molar-refractivity contribution in [2.45, 2.75) is 58.4 Å². The molecule has 1 aliphatic rings. The van der Waals surface area contributed by atoms with Gasteiger partial charge in [-0.25, -0.2) is 0 Å². The van der Waals surface area contributed by atoms with Crippen molar-refractivity contribution in [1.29, 1.82) is 0 Å². The van der Waals surface area contributed by atoms with Gasteiger partial charge in [-0.05, 0) is 65.6 Å². The molecule has 0 heterocycles. The van der Waals surface area contributed by atoms with Crippen molar-refractivity contribution in [2.24, 2.45) is 17.6 Å². The van der Waals surface area contributed by atoms with Crippen molar-refractivity contribution < 1.29 is 4.79 Å². The molecule has 0 radical (unpaired) electrons. The number of carbonyl (C=O) groups excluding carboxylic acids is 1. The molecule has 1 amide bonds. The third kappa shape index (κ3) is 6.23. The van der Waals surface area contributed by atoms with Crippen molar-refractivity contribution in [3.63, 3.8) is 0 Å². The minimum Gasteiger partial charge on any atom is -0.356 e. The molecule has 0 aromatic rings. The van der Waals surface area contributed by atoms with E-state index in [1.807, 2.05) is 0 Å². The Morgan fingerprint density at radius 2 is 2.15 bits per heavy atom. The van der Waals surface area contributed by atoms with Gasteiger partial charge in [-0.3, -0.25) is 4.79 Å². The molecule has 1 saturated carbocycles. The summed E-state index contributed by atoms with van der Waals surface area (Å²) in [4.78, 5) is 14.5. The van der Waals surface area contributed by atoms with Crippen LogP contribution in [-0.2, 0) is 4.79 Å². The molecule has 0 aliphatic heterocycles. The smallest absolute Gasteiger partial charge is 0.223 e. The Labute approximate surface area is 124 Å². The van der Waals surface area contributed by atoms with Crippen molar-refractivity contribution in [3.8, 4) is 0 Å². The zero-order chi connectivity index (χ0) is 15.0. The Morgan fingerprint density at radius 3 is 2.80 bits per heavy atom. The number of hydrogen-bond acceptors (Lipinski definition) is 3. The second-order valence-corrected chi connectivity index (χ2v) is 6.53. The number of nitrogens with two attached hydrogens (primary N) is 1. The van der Waals surface area contributed by atoms with E-state index >= 15 is 0 Å². The van der Waals surface area contributed by atoms with E-state index in [0.717, 1.165) is 45.3 Å². The van der Waals surface area contributed by atoms with Gasteiger partial charge in [0.1, 0.15) is 0 Å². The fourth-order valence-corrected chi connectivity index (χ4v) is 2.97. The van der Waals surface area contributed by atoms with E-state index in [2.05, 4.69) is 31.1 Å². The number of nitrogens with one attached hydrogen (secondary N) is 1. The lowest BCUT2D eigenvalue weighted by molar-refractivity contribution is -0.126. The molecule has 0 aromatic heterocycles. The van der Waals surface area contributed by atoms with E-state index in [0.29, 0.717) is 12.0 Å². The first kappa shape index (κ1) is 17.4. The van der Waals surface area contributed by atoms with E-state index < -0.39 is 0 Å². The molecule has 0 bridgehead atoms. The minimum atomic E-state index is 0.225. The zero-order valence-electron chi connectivity index (χ0n) is 13.5. The third-order valence-electron chi connectivity index (χ3n) is 4.60. The third-order valence-corrected chi connectivity index (χ3v) is 4.60. The van der Waals surface area contributed by atoms with Crippen LogP contribution in [0, 0.1) is 11.8 Å². The van der Waals surface area contributed by atoms with Crippen molar-refractivity contribution in [3.05, 3.63) is 0 Å². The highest BCUT2D eigenvalue weighted by molar-refractivity contribution is 5.78. The van der Waals surface area contributed by atoms with Gasteiger partial charge in [0.25, 0.3) is 0 Å². The van der Waals surface area contributed by atoms with Crippen molar-refractivity contribution >= 4 is 5.91 Å². The summed E-state index contributed by atoms with van der Waals surface area (Å²) < 4.78 is 0. The molecule has 1 rings (SSSR count). The van der Waals surface area contributed by atoms with Crippen molar-refractivity contribution in [1.82, 2.24) is 10.2 Å². The largest absolute Gasteiger partial charge is 0.356 e. The molecule has 2 unspecified atom stereocenters.